The first-order chi connectivity index (χ1) is 8.45. The number of rotatable bonds is 7. The second-order valence-electron chi connectivity index (χ2n) is 4.84. The standard InChI is InChI=1S/C13H24N4/c1-2-10-17(11-3-1)12-4-7-14-8-5-13-6-9-15-16-13/h6,9,14H,1-5,7-8,10-12H2,(H,15,16). The zero-order valence-corrected chi connectivity index (χ0v) is 10.6. The van der Waals surface area contributed by atoms with E-state index in [9.17, 15) is 0 Å². The maximum absolute atomic E-state index is 3.94. The Bertz CT molecular complexity index is 278. The Morgan fingerprint density at radius 3 is 2.88 bits per heavy atom. The highest BCUT2D eigenvalue weighted by Crippen LogP contribution is 2.08. The van der Waals surface area contributed by atoms with Crippen molar-refractivity contribution in [3.8, 4) is 0 Å². The molecule has 1 aliphatic rings. The summed E-state index contributed by atoms with van der Waals surface area (Å²) in [6, 6.07) is 2.04. The number of nitrogens with zero attached hydrogens (tertiary/aromatic N) is 2. The highest BCUT2D eigenvalue weighted by molar-refractivity contribution is 4.97. The smallest absolute Gasteiger partial charge is 0.0490 e. The molecular formula is C13H24N4. The van der Waals surface area contributed by atoms with Crippen molar-refractivity contribution >= 4 is 0 Å². The van der Waals surface area contributed by atoms with Crippen LogP contribution in [0.2, 0.25) is 0 Å². The van der Waals surface area contributed by atoms with E-state index in [-0.39, 0.29) is 0 Å². The van der Waals surface area contributed by atoms with E-state index in [2.05, 4.69) is 20.4 Å². The van der Waals surface area contributed by atoms with Crippen molar-refractivity contribution in [1.82, 2.24) is 20.4 Å². The monoisotopic (exact) mass is 236 g/mol. The Kier molecular flexibility index (Phi) is 5.52. The third-order valence-corrected chi connectivity index (χ3v) is 3.41. The van der Waals surface area contributed by atoms with Crippen LogP contribution in [0.25, 0.3) is 0 Å². The minimum atomic E-state index is 1.04. The van der Waals surface area contributed by atoms with Gasteiger partial charge in [0.1, 0.15) is 0 Å². The van der Waals surface area contributed by atoms with E-state index in [0.29, 0.717) is 0 Å². The van der Waals surface area contributed by atoms with Crippen LogP contribution >= 0.6 is 0 Å². The summed E-state index contributed by atoms with van der Waals surface area (Å²) in [5.74, 6) is 0. The summed E-state index contributed by atoms with van der Waals surface area (Å²) in [6.07, 6.45) is 8.35. The molecule has 0 unspecified atom stereocenters. The minimum Gasteiger partial charge on any atom is -0.316 e. The Balaban J connectivity index is 1.43. The SMILES string of the molecule is c1cc(CCNCCCN2CCCCC2)[nH]n1. The van der Waals surface area contributed by atoms with Crippen molar-refractivity contribution < 1.29 is 0 Å². The van der Waals surface area contributed by atoms with Gasteiger partial charge < -0.3 is 10.2 Å². The van der Waals surface area contributed by atoms with E-state index in [4.69, 9.17) is 0 Å². The second-order valence-corrected chi connectivity index (χ2v) is 4.84. The number of hydrogen-bond acceptors (Lipinski definition) is 3. The molecule has 1 fully saturated rings. The summed E-state index contributed by atoms with van der Waals surface area (Å²) in [5, 5.41) is 10.4. The molecule has 0 atom stereocenters. The molecule has 0 amide bonds. The summed E-state index contributed by atoms with van der Waals surface area (Å²) >= 11 is 0. The minimum absolute atomic E-state index is 1.04. The van der Waals surface area contributed by atoms with E-state index >= 15 is 0 Å². The zero-order chi connectivity index (χ0) is 11.8. The lowest BCUT2D eigenvalue weighted by molar-refractivity contribution is 0.226. The van der Waals surface area contributed by atoms with Gasteiger partial charge in [0.05, 0.1) is 0 Å². The molecule has 17 heavy (non-hydrogen) atoms. The molecule has 1 aromatic heterocycles. The Labute approximate surface area is 104 Å². The highest BCUT2D eigenvalue weighted by atomic mass is 15.1. The first-order valence-electron chi connectivity index (χ1n) is 6.86. The summed E-state index contributed by atoms with van der Waals surface area (Å²) in [7, 11) is 0. The van der Waals surface area contributed by atoms with Crippen LogP contribution < -0.4 is 5.32 Å². The van der Waals surface area contributed by atoms with E-state index in [1.165, 1.54) is 51.0 Å². The first-order valence-corrected chi connectivity index (χ1v) is 6.86. The van der Waals surface area contributed by atoms with Crippen molar-refractivity contribution in [2.24, 2.45) is 0 Å². The van der Waals surface area contributed by atoms with Crippen LogP contribution in [0.3, 0.4) is 0 Å². The van der Waals surface area contributed by atoms with Crippen molar-refractivity contribution in [2.75, 3.05) is 32.7 Å². The van der Waals surface area contributed by atoms with Gasteiger partial charge in [0.25, 0.3) is 0 Å². The molecule has 1 aliphatic heterocycles. The van der Waals surface area contributed by atoms with Crippen molar-refractivity contribution in [3.05, 3.63) is 18.0 Å². The second kappa shape index (κ2) is 7.45. The molecule has 2 heterocycles. The van der Waals surface area contributed by atoms with Gasteiger partial charge in [-0.05, 0) is 51.5 Å². The van der Waals surface area contributed by atoms with Gasteiger partial charge in [-0.2, -0.15) is 5.10 Å². The molecule has 0 aromatic carbocycles. The Morgan fingerprint density at radius 1 is 1.24 bits per heavy atom. The van der Waals surface area contributed by atoms with E-state index in [0.717, 1.165) is 19.5 Å². The fourth-order valence-corrected chi connectivity index (χ4v) is 2.38. The Hall–Kier alpha value is -0.870. The van der Waals surface area contributed by atoms with Crippen LogP contribution in [0.5, 0.6) is 0 Å². The lowest BCUT2D eigenvalue weighted by Gasteiger charge is -2.26. The highest BCUT2D eigenvalue weighted by Gasteiger charge is 2.08. The molecule has 1 saturated heterocycles. The molecule has 4 heteroatoms. The first kappa shape index (κ1) is 12.6. The van der Waals surface area contributed by atoms with Crippen LogP contribution in [0.1, 0.15) is 31.4 Å². The lowest BCUT2D eigenvalue weighted by Crippen LogP contribution is -2.32. The molecule has 0 bridgehead atoms. The van der Waals surface area contributed by atoms with E-state index in [1.54, 1.807) is 0 Å². The third kappa shape index (κ3) is 4.88. The average molecular weight is 236 g/mol. The molecule has 96 valence electrons. The lowest BCUT2D eigenvalue weighted by atomic mass is 10.1. The van der Waals surface area contributed by atoms with Gasteiger partial charge in [-0.15, -0.1) is 0 Å². The van der Waals surface area contributed by atoms with Crippen LogP contribution in [-0.4, -0.2) is 47.8 Å². The predicted octanol–water partition coefficient (Wildman–Crippen LogP) is 1.42. The molecule has 1 aromatic rings. The van der Waals surface area contributed by atoms with Gasteiger partial charge in [-0.1, -0.05) is 6.42 Å². The van der Waals surface area contributed by atoms with Crippen molar-refractivity contribution in [2.45, 2.75) is 32.1 Å². The quantitative estimate of drug-likeness (QED) is 0.704. The van der Waals surface area contributed by atoms with Gasteiger partial charge >= 0.3 is 0 Å². The van der Waals surface area contributed by atoms with Crippen LogP contribution in [0.4, 0.5) is 0 Å². The fraction of sp³-hybridized carbons (Fsp3) is 0.769. The van der Waals surface area contributed by atoms with E-state index < -0.39 is 0 Å². The molecule has 2 N–H and O–H groups in total. The topological polar surface area (TPSA) is 44.0 Å². The van der Waals surface area contributed by atoms with E-state index in [1.807, 2.05) is 12.3 Å². The number of aromatic nitrogens is 2. The largest absolute Gasteiger partial charge is 0.316 e. The summed E-state index contributed by atoms with van der Waals surface area (Å²) in [4.78, 5) is 2.60. The van der Waals surface area contributed by atoms with Crippen LogP contribution in [0, 0.1) is 0 Å². The summed E-state index contributed by atoms with van der Waals surface area (Å²) in [5.41, 5.74) is 1.22. The van der Waals surface area contributed by atoms with Gasteiger partial charge in [0.15, 0.2) is 0 Å². The average Bonchev–Trinajstić information content (AvgIpc) is 2.88. The van der Waals surface area contributed by atoms with Gasteiger partial charge in [-0.3, -0.25) is 5.10 Å². The third-order valence-electron chi connectivity index (χ3n) is 3.41. The number of H-pyrrole nitrogens is 1. The number of likely N-dealkylation sites (tertiary alicyclic amines) is 1. The maximum Gasteiger partial charge on any atom is 0.0490 e. The van der Waals surface area contributed by atoms with Crippen molar-refractivity contribution in [1.29, 1.82) is 0 Å². The number of piperidine rings is 1. The fourth-order valence-electron chi connectivity index (χ4n) is 2.38. The molecule has 0 spiro atoms. The van der Waals surface area contributed by atoms with Gasteiger partial charge in [0.2, 0.25) is 0 Å². The molecule has 0 aliphatic carbocycles. The molecule has 0 radical (unpaired) electrons. The molecule has 0 saturated carbocycles. The van der Waals surface area contributed by atoms with Crippen LogP contribution in [-0.2, 0) is 6.42 Å². The van der Waals surface area contributed by atoms with Crippen LogP contribution in [0.15, 0.2) is 12.3 Å². The predicted molar refractivity (Wildman–Crippen MR) is 70.1 cm³/mol. The van der Waals surface area contributed by atoms with Gasteiger partial charge in [-0.25, -0.2) is 0 Å². The number of hydrogen-bond donors (Lipinski definition) is 2. The maximum atomic E-state index is 3.94. The molecule has 2 rings (SSSR count). The van der Waals surface area contributed by atoms with Gasteiger partial charge in [0, 0.05) is 24.9 Å². The molecular weight excluding hydrogens is 212 g/mol. The number of aromatic amines is 1. The Morgan fingerprint density at radius 2 is 2.12 bits per heavy atom. The molecule has 4 nitrogen and oxygen atoms in total. The van der Waals surface area contributed by atoms with Crippen molar-refractivity contribution in [3.63, 3.8) is 0 Å². The normalized spacial score (nSPS) is 17.4. The summed E-state index contributed by atoms with van der Waals surface area (Å²) < 4.78 is 0. The summed E-state index contributed by atoms with van der Waals surface area (Å²) in [6.45, 7) is 6.06. The number of nitrogens with one attached hydrogen (secondary N) is 2. The zero-order valence-electron chi connectivity index (χ0n) is 10.6.